The Morgan fingerprint density at radius 3 is 2.05 bits per heavy atom. The molecule has 3 rings (SSSR count). The molecular formula is C26H44BN5O5. The standard InChI is InChI=1S/C26H44BN5O5/c1-17(2)32(22-28-15-19(16-29-22)27-36-25(7,8)26(9,10)37-27)20-11-13-31(14-12-20)21(33)18(3)30-23(34)35-24(4,5)6/h15-18,20H,11-14H2,1-10H3,(H,30,34). The van der Waals surface area contributed by atoms with Crippen LogP contribution in [0.25, 0.3) is 0 Å². The lowest BCUT2D eigenvalue weighted by atomic mass is 9.81. The van der Waals surface area contributed by atoms with Crippen LogP contribution in [0.4, 0.5) is 10.7 Å². The van der Waals surface area contributed by atoms with Gasteiger partial charge < -0.3 is 29.2 Å². The van der Waals surface area contributed by atoms with E-state index in [0.29, 0.717) is 19.0 Å². The molecule has 10 nitrogen and oxygen atoms in total. The fourth-order valence-corrected chi connectivity index (χ4v) is 4.57. The summed E-state index contributed by atoms with van der Waals surface area (Å²) in [6.45, 7) is 20.6. The number of anilines is 1. The third-order valence-electron chi connectivity index (χ3n) is 7.24. The number of nitrogens with zero attached hydrogens (tertiary/aromatic N) is 4. The lowest BCUT2D eigenvalue weighted by Gasteiger charge is -2.41. The van der Waals surface area contributed by atoms with Crippen LogP contribution in [0.3, 0.4) is 0 Å². The number of nitrogens with one attached hydrogen (secondary N) is 1. The summed E-state index contributed by atoms with van der Waals surface area (Å²) in [5, 5.41) is 2.65. The minimum atomic E-state index is -0.654. The fourth-order valence-electron chi connectivity index (χ4n) is 4.57. The van der Waals surface area contributed by atoms with E-state index in [4.69, 9.17) is 14.0 Å². The molecule has 1 aromatic rings. The third-order valence-corrected chi connectivity index (χ3v) is 7.24. The molecule has 2 amide bonds. The van der Waals surface area contributed by atoms with Crippen molar-refractivity contribution in [3.8, 4) is 0 Å². The van der Waals surface area contributed by atoms with Crippen molar-refractivity contribution in [1.29, 1.82) is 0 Å². The van der Waals surface area contributed by atoms with E-state index in [0.717, 1.165) is 18.3 Å². The Kier molecular flexibility index (Phi) is 8.49. The number of alkyl carbamates (subject to hydrolysis) is 1. The average molecular weight is 517 g/mol. The number of likely N-dealkylation sites (tertiary alicyclic amines) is 1. The molecule has 37 heavy (non-hydrogen) atoms. The van der Waals surface area contributed by atoms with Crippen molar-refractivity contribution in [3.63, 3.8) is 0 Å². The normalized spacial score (nSPS) is 20.6. The molecule has 0 bridgehead atoms. The van der Waals surface area contributed by atoms with E-state index in [-0.39, 0.29) is 18.0 Å². The first kappa shape index (κ1) is 29.2. The Bertz CT molecular complexity index is 939. The third kappa shape index (κ3) is 6.93. The van der Waals surface area contributed by atoms with E-state index in [9.17, 15) is 9.59 Å². The van der Waals surface area contributed by atoms with Gasteiger partial charge in [0.1, 0.15) is 11.6 Å². The van der Waals surface area contributed by atoms with Gasteiger partial charge in [-0.3, -0.25) is 4.79 Å². The minimum absolute atomic E-state index is 0.108. The Morgan fingerprint density at radius 1 is 1.08 bits per heavy atom. The van der Waals surface area contributed by atoms with Crippen molar-refractivity contribution in [2.45, 2.75) is 117 Å². The number of rotatable bonds is 6. The van der Waals surface area contributed by atoms with Gasteiger partial charge in [0.25, 0.3) is 0 Å². The summed E-state index contributed by atoms with van der Waals surface area (Å²) in [5.41, 5.74) is -0.675. The summed E-state index contributed by atoms with van der Waals surface area (Å²) in [4.78, 5) is 38.4. The van der Waals surface area contributed by atoms with Gasteiger partial charge in [0.2, 0.25) is 11.9 Å². The largest absolute Gasteiger partial charge is 0.498 e. The zero-order chi connectivity index (χ0) is 27.8. The van der Waals surface area contributed by atoms with E-state index >= 15 is 0 Å². The van der Waals surface area contributed by atoms with E-state index in [2.05, 4.69) is 34.0 Å². The molecule has 11 heteroatoms. The van der Waals surface area contributed by atoms with Gasteiger partial charge in [-0.25, -0.2) is 14.8 Å². The number of hydrogen-bond acceptors (Lipinski definition) is 8. The first-order valence-electron chi connectivity index (χ1n) is 13.2. The highest BCUT2D eigenvalue weighted by Gasteiger charge is 2.52. The lowest BCUT2D eigenvalue weighted by molar-refractivity contribution is -0.134. The maximum Gasteiger partial charge on any atom is 0.498 e. The van der Waals surface area contributed by atoms with Gasteiger partial charge in [0.15, 0.2) is 0 Å². The first-order chi connectivity index (χ1) is 17.0. The second-order valence-corrected chi connectivity index (χ2v) is 12.3. The number of amides is 2. The van der Waals surface area contributed by atoms with Gasteiger partial charge in [0.05, 0.1) is 11.2 Å². The van der Waals surface area contributed by atoms with Gasteiger partial charge in [0, 0.05) is 43.0 Å². The molecule has 3 heterocycles. The molecule has 0 aliphatic carbocycles. The molecule has 1 unspecified atom stereocenters. The zero-order valence-electron chi connectivity index (χ0n) is 24.1. The average Bonchev–Trinajstić information content (AvgIpc) is 2.99. The van der Waals surface area contributed by atoms with Crippen molar-refractivity contribution in [2.24, 2.45) is 0 Å². The summed E-state index contributed by atoms with van der Waals surface area (Å²) in [5.74, 6) is 0.545. The Hall–Kier alpha value is -2.40. The maximum absolute atomic E-state index is 12.9. The number of aromatic nitrogens is 2. The van der Waals surface area contributed by atoms with Crippen molar-refractivity contribution in [2.75, 3.05) is 18.0 Å². The summed E-state index contributed by atoms with van der Waals surface area (Å²) in [6.07, 6.45) is 4.54. The van der Waals surface area contributed by atoms with Crippen molar-refractivity contribution < 1.29 is 23.6 Å². The Labute approximate surface area is 222 Å². The van der Waals surface area contributed by atoms with Gasteiger partial charge in [-0.15, -0.1) is 0 Å². The molecule has 2 fully saturated rings. The van der Waals surface area contributed by atoms with E-state index in [1.807, 2.05) is 27.7 Å². The highest BCUT2D eigenvalue weighted by atomic mass is 16.7. The molecule has 1 N–H and O–H groups in total. The molecular weight excluding hydrogens is 473 g/mol. The maximum atomic E-state index is 12.9. The van der Waals surface area contributed by atoms with Crippen LogP contribution in [0.15, 0.2) is 12.4 Å². The molecule has 0 aromatic carbocycles. The second-order valence-electron chi connectivity index (χ2n) is 12.3. The molecule has 2 saturated heterocycles. The van der Waals surface area contributed by atoms with E-state index in [1.165, 1.54) is 0 Å². The van der Waals surface area contributed by atoms with Crippen LogP contribution in [-0.4, -0.2) is 82.0 Å². The van der Waals surface area contributed by atoms with Gasteiger partial charge in [-0.05, 0) is 82.1 Å². The molecule has 1 atom stereocenters. The van der Waals surface area contributed by atoms with Crippen LogP contribution in [0.5, 0.6) is 0 Å². The number of piperidine rings is 1. The van der Waals surface area contributed by atoms with Crippen molar-refractivity contribution in [3.05, 3.63) is 12.4 Å². The predicted molar refractivity (Wildman–Crippen MR) is 144 cm³/mol. The van der Waals surface area contributed by atoms with Crippen LogP contribution in [0.2, 0.25) is 0 Å². The van der Waals surface area contributed by atoms with Crippen LogP contribution in [0, 0.1) is 0 Å². The molecule has 1 aromatic heterocycles. The van der Waals surface area contributed by atoms with E-state index in [1.54, 1.807) is 45.0 Å². The topological polar surface area (TPSA) is 106 Å². The van der Waals surface area contributed by atoms with Crippen molar-refractivity contribution >= 4 is 30.5 Å². The number of carbonyl (C=O) groups excluding carboxylic acids is 2. The smallest absolute Gasteiger partial charge is 0.444 e. The fraction of sp³-hybridized carbons (Fsp3) is 0.769. The molecule has 0 saturated carbocycles. The summed E-state index contributed by atoms with van der Waals surface area (Å²) in [7, 11) is -0.503. The SMILES string of the molecule is CC(NC(=O)OC(C)(C)C)C(=O)N1CCC(N(c2ncc(B3OC(C)(C)C(C)(C)O3)cn2)C(C)C)CC1. The molecule has 206 valence electrons. The predicted octanol–water partition coefficient (Wildman–Crippen LogP) is 2.89. The van der Waals surface area contributed by atoms with Crippen LogP contribution in [-0.2, 0) is 18.8 Å². The Morgan fingerprint density at radius 2 is 1.59 bits per heavy atom. The van der Waals surface area contributed by atoms with Gasteiger partial charge >= 0.3 is 13.2 Å². The van der Waals surface area contributed by atoms with Crippen LogP contribution in [0.1, 0.15) is 82.1 Å². The summed E-state index contributed by atoms with van der Waals surface area (Å²) in [6, 6.07) is -0.276. The molecule has 0 spiro atoms. The summed E-state index contributed by atoms with van der Waals surface area (Å²) >= 11 is 0. The van der Waals surface area contributed by atoms with Crippen LogP contribution < -0.4 is 15.7 Å². The lowest BCUT2D eigenvalue weighted by Crippen LogP contribution is -2.54. The second kappa shape index (κ2) is 10.8. The zero-order valence-corrected chi connectivity index (χ0v) is 24.1. The first-order valence-corrected chi connectivity index (χ1v) is 13.2. The molecule has 0 radical (unpaired) electrons. The number of hydrogen-bond donors (Lipinski definition) is 1. The van der Waals surface area contributed by atoms with Crippen LogP contribution >= 0.6 is 0 Å². The van der Waals surface area contributed by atoms with Gasteiger partial charge in [-0.2, -0.15) is 0 Å². The quantitative estimate of drug-likeness (QED) is 0.575. The molecule has 2 aliphatic heterocycles. The Balaban J connectivity index is 1.60. The van der Waals surface area contributed by atoms with E-state index < -0.39 is 36.1 Å². The number of carbonyl (C=O) groups is 2. The number of ether oxygens (including phenoxy) is 1. The van der Waals surface area contributed by atoms with Crippen molar-refractivity contribution in [1.82, 2.24) is 20.2 Å². The summed E-state index contributed by atoms with van der Waals surface area (Å²) < 4.78 is 17.5. The highest BCUT2D eigenvalue weighted by Crippen LogP contribution is 2.36. The minimum Gasteiger partial charge on any atom is -0.444 e. The highest BCUT2D eigenvalue weighted by molar-refractivity contribution is 6.61. The van der Waals surface area contributed by atoms with Gasteiger partial charge in [-0.1, -0.05) is 0 Å². The molecule has 2 aliphatic rings. The monoisotopic (exact) mass is 517 g/mol.